The Bertz CT molecular complexity index is 1370. The Morgan fingerprint density at radius 3 is 2.46 bits per heavy atom. The van der Waals surface area contributed by atoms with Crippen molar-refractivity contribution in [2.75, 3.05) is 42.1 Å². The van der Waals surface area contributed by atoms with E-state index in [0.717, 1.165) is 40.9 Å². The zero-order chi connectivity index (χ0) is 25.6. The highest BCUT2D eigenvalue weighted by molar-refractivity contribution is 6.04. The van der Waals surface area contributed by atoms with Crippen molar-refractivity contribution in [3.8, 4) is 0 Å². The SMILES string of the molecule is Cc1ccc2c(NCc3ccc(NC(=O)c4ccc(F)cc4)cc3)nc(NCCN3CCCC3)nc2c1. The third-order valence-corrected chi connectivity index (χ3v) is 6.54. The molecule has 0 atom stereocenters. The summed E-state index contributed by atoms with van der Waals surface area (Å²) in [5.74, 6) is 0.754. The first kappa shape index (κ1) is 24.6. The van der Waals surface area contributed by atoms with Crippen molar-refractivity contribution in [2.24, 2.45) is 0 Å². The monoisotopic (exact) mass is 498 g/mol. The third kappa shape index (κ3) is 6.40. The van der Waals surface area contributed by atoms with E-state index in [1.807, 2.05) is 24.3 Å². The van der Waals surface area contributed by atoms with Crippen LogP contribution in [0.5, 0.6) is 0 Å². The van der Waals surface area contributed by atoms with Crippen molar-refractivity contribution in [1.82, 2.24) is 14.9 Å². The standard InChI is InChI=1S/C29H31FN6O/c1-20-4-13-25-26(18-20)34-29(31-14-17-36-15-2-3-16-36)35-27(25)32-19-21-5-11-24(12-6-21)33-28(37)22-7-9-23(30)10-8-22/h4-13,18H,2-3,14-17,19H2,1H3,(H,33,37)(H2,31,32,34,35). The summed E-state index contributed by atoms with van der Waals surface area (Å²) in [6.07, 6.45) is 2.56. The predicted molar refractivity (Wildman–Crippen MR) is 147 cm³/mol. The third-order valence-electron chi connectivity index (χ3n) is 6.54. The molecule has 0 aliphatic carbocycles. The Labute approximate surface area is 216 Å². The quantitative estimate of drug-likeness (QED) is 0.285. The first-order chi connectivity index (χ1) is 18.0. The molecule has 0 radical (unpaired) electrons. The van der Waals surface area contributed by atoms with E-state index in [1.165, 1.54) is 50.2 Å². The van der Waals surface area contributed by atoms with Gasteiger partial charge in [0.05, 0.1) is 5.52 Å². The average molecular weight is 499 g/mol. The van der Waals surface area contributed by atoms with Crippen molar-refractivity contribution < 1.29 is 9.18 Å². The number of aromatic nitrogens is 2. The van der Waals surface area contributed by atoms with Gasteiger partial charge in [-0.05, 0) is 92.5 Å². The molecule has 1 amide bonds. The molecule has 5 rings (SSSR count). The molecule has 0 bridgehead atoms. The van der Waals surface area contributed by atoms with Crippen molar-refractivity contribution in [3.63, 3.8) is 0 Å². The van der Waals surface area contributed by atoms with E-state index in [-0.39, 0.29) is 11.7 Å². The minimum atomic E-state index is -0.370. The molecule has 1 aliphatic heterocycles. The van der Waals surface area contributed by atoms with Crippen LogP contribution >= 0.6 is 0 Å². The average Bonchev–Trinajstić information content (AvgIpc) is 3.42. The van der Waals surface area contributed by atoms with Gasteiger partial charge in [0.2, 0.25) is 5.95 Å². The van der Waals surface area contributed by atoms with Crippen LogP contribution in [0.4, 0.5) is 21.8 Å². The Morgan fingerprint density at radius 2 is 1.70 bits per heavy atom. The van der Waals surface area contributed by atoms with E-state index in [0.29, 0.717) is 23.7 Å². The molecule has 1 saturated heterocycles. The second-order valence-electron chi connectivity index (χ2n) is 9.40. The topological polar surface area (TPSA) is 82.2 Å². The molecule has 0 unspecified atom stereocenters. The van der Waals surface area contributed by atoms with E-state index in [9.17, 15) is 9.18 Å². The number of amides is 1. The van der Waals surface area contributed by atoms with Crippen molar-refractivity contribution in [2.45, 2.75) is 26.3 Å². The number of nitrogens with one attached hydrogen (secondary N) is 3. The molecule has 2 heterocycles. The Kier molecular flexibility index (Phi) is 7.56. The van der Waals surface area contributed by atoms with Gasteiger partial charge in [0.15, 0.2) is 0 Å². The van der Waals surface area contributed by atoms with Gasteiger partial charge in [-0.15, -0.1) is 0 Å². The highest BCUT2D eigenvalue weighted by Crippen LogP contribution is 2.24. The van der Waals surface area contributed by atoms with E-state index >= 15 is 0 Å². The fourth-order valence-corrected chi connectivity index (χ4v) is 4.48. The molecule has 4 aromatic rings. The molecular weight excluding hydrogens is 467 g/mol. The Hall–Kier alpha value is -4.04. The van der Waals surface area contributed by atoms with Crippen LogP contribution in [0, 0.1) is 12.7 Å². The summed E-state index contributed by atoms with van der Waals surface area (Å²) in [5.41, 5.74) is 4.18. The van der Waals surface area contributed by atoms with E-state index in [1.54, 1.807) is 0 Å². The number of rotatable bonds is 9. The van der Waals surface area contributed by atoms with Gasteiger partial charge in [0.25, 0.3) is 5.91 Å². The Morgan fingerprint density at radius 1 is 0.946 bits per heavy atom. The number of hydrogen-bond donors (Lipinski definition) is 3. The smallest absolute Gasteiger partial charge is 0.255 e. The molecule has 190 valence electrons. The van der Waals surface area contributed by atoms with Gasteiger partial charge in [-0.3, -0.25) is 4.79 Å². The number of anilines is 3. The van der Waals surface area contributed by atoms with Crippen molar-refractivity contribution in [3.05, 3.63) is 89.2 Å². The number of hydrogen-bond acceptors (Lipinski definition) is 6. The van der Waals surface area contributed by atoms with Crippen LogP contribution in [0.1, 0.15) is 34.3 Å². The number of fused-ring (bicyclic) bond motifs is 1. The molecule has 3 aromatic carbocycles. The summed E-state index contributed by atoms with van der Waals surface area (Å²) in [6, 6.07) is 19.3. The zero-order valence-corrected chi connectivity index (χ0v) is 20.9. The van der Waals surface area contributed by atoms with Crippen LogP contribution in [0.2, 0.25) is 0 Å². The number of carbonyl (C=O) groups excluding carboxylic acids is 1. The lowest BCUT2D eigenvalue weighted by Crippen LogP contribution is -2.26. The van der Waals surface area contributed by atoms with Gasteiger partial charge >= 0.3 is 0 Å². The number of aryl methyl sites for hydroxylation is 1. The maximum atomic E-state index is 13.1. The van der Waals surface area contributed by atoms with Crippen LogP contribution in [0.3, 0.4) is 0 Å². The number of nitrogens with zero attached hydrogens (tertiary/aromatic N) is 3. The minimum absolute atomic E-state index is 0.279. The van der Waals surface area contributed by atoms with E-state index in [4.69, 9.17) is 9.97 Å². The maximum absolute atomic E-state index is 13.1. The van der Waals surface area contributed by atoms with Crippen LogP contribution in [0.15, 0.2) is 66.7 Å². The summed E-state index contributed by atoms with van der Waals surface area (Å²) in [7, 11) is 0. The van der Waals surface area contributed by atoms with Crippen LogP contribution in [0.25, 0.3) is 10.9 Å². The van der Waals surface area contributed by atoms with Crippen LogP contribution in [-0.4, -0.2) is 47.0 Å². The number of likely N-dealkylation sites (tertiary alicyclic amines) is 1. The highest BCUT2D eigenvalue weighted by Gasteiger charge is 2.12. The summed E-state index contributed by atoms with van der Waals surface area (Å²) >= 11 is 0. The lowest BCUT2D eigenvalue weighted by Gasteiger charge is -2.16. The van der Waals surface area contributed by atoms with Gasteiger partial charge in [-0.2, -0.15) is 4.98 Å². The van der Waals surface area contributed by atoms with E-state index in [2.05, 4.69) is 46.0 Å². The van der Waals surface area contributed by atoms with E-state index < -0.39 is 0 Å². The molecule has 1 aliphatic rings. The van der Waals surface area contributed by atoms with Gasteiger partial charge < -0.3 is 20.9 Å². The molecule has 7 nitrogen and oxygen atoms in total. The maximum Gasteiger partial charge on any atom is 0.255 e. The largest absolute Gasteiger partial charge is 0.365 e. The minimum Gasteiger partial charge on any atom is -0.365 e. The van der Waals surface area contributed by atoms with Gasteiger partial charge in [-0.1, -0.05) is 18.2 Å². The highest BCUT2D eigenvalue weighted by atomic mass is 19.1. The van der Waals surface area contributed by atoms with Gasteiger partial charge in [-0.25, -0.2) is 9.37 Å². The number of halogens is 1. The molecule has 3 N–H and O–H groups in total. The fraction of sp³-hybridized carbons (Fsp3) is 0.276. The number of benzene rings is 3. The van der Waals surface area contributed by atoms with Gasteiger partial charge in [0.1, 0.15) is 11.6 Å². The van der Waals surface area contributed by atoms with Crippen molar-refractivity contribution >= 4 is 34.3 Å². The van der Waals surface area contributed by atoms with Crippen molar-refractivity contribution in [1.29, 1.82) is 0 Å². The number of carbonyl (C=O) groups is 1. The molecular formula is C29H31FN6O. The zero-order valence-electron chi connectivity index (χ0n) is 20.9. The molecule has 0 saturated carbocycles. The van der Waals surface area contributed by atoms with Crippen LogP contribution < -0.4 is 16.0 Å². The second-order valence-corrected chi connectivity index (χ2v) is 9.40. The summed E-state index contributed by atoms with van der Waals surface area (Å²) in [4.78, 5) is 24.4. The lowest BCUT2D eigenvalue weighted by molar-refractivity contribution is 0.102. The molecule has 0 spiro atoms. The normalized spacial score (nSPS) is 13.6. The predicted octanol–water partition coefficient (Wildman–Crippen LogP) is 5.45. The molecule has 1 fully saturated rings. The second kappa shape index (κ2) is 11.3. The Balaban J connectivity index is 1.24. The molecule has 37 heavy (non-hydrogen) atoms. The first-order valence-electron chi connectivity index (χ1n) is 12.7. The summed E-state index contributed by atoms with van der Waals surface area (Å²) in [6.45, 7) is 6.76. The molecule has 1 aromatic heterocycles. The first-order valence-corrected chi connectivity index (χ1v) is 12.7. The summed E-state index contributed by atoms with van der Waals surface area (Å²) < 4.78 is 13.1. The fourth-order valence-electron chi connectivity index (χ4n) is 4.48. The molecule has 8 heteroatoms. The lowest BCUT2D eigenvalue weighted by atomic mass is 10.1. The summed E-state index contributed by atoms with van der Waals surface area (Å²) in [5, 5.41) is 10.7. The van der Waals surface area contributed by atoms with Gasteiger partial charge in [0, 0.05) is 36.3 Å². The van der Waals surface area contributed by atoms with Crippen LogP contribution in [-0.2, 0) is 6.54 Å².